The topological polar surface area (TPSA) is 96.7 Å². The molecule has 1 aliphatic rings. The molecule has 1 heterocycles. The molecule has 0 spiro atoms. The summed E-state index contributed by atoms with van der Waals surface area (Å²) in [4.78, 5) is 26.6. The quantitative estimate of drug-likeness (QED) is 0.643. The molecule has 2 unspecified atom stereocenters. The molecule has 2 amide bonds. The number of carbonyl (C=O) groups is 2. The van der Waals surface area contributed by atoms with E-state index in [1.807, 2.05) is 13.8 Å². The Morgan fingerprint density at radius 3 is 2.50 bits per heavy atom. The van der Waals surface area contributed by atoms with Gasteiger partial charge in [-0.25, -0.2) is 0 Å². The van der Waals surface area contributed by atoms with Crippen molar-refractivity contribution >= 4 is 17.5 Å². The predicted molar refractivity (Wildman–Crippen MR) is 102 cm³/mol. The fraction of sp³-hybridized carbons (Fsp3) is 0.579. The number of nitrogens with two attached hydrogens (primary N) is 1. The number of nitrogens with zero attached hydrogens (tertiary/aromatic N) is 1. The van der Waals surface area contributed by atoms with Crippen LogP contribution in [0.1, 0.15) is 30.6 Å². The first kappa shape index (κ1) is 20.4. The van der Waals surface area contributed by atoms with E-state index in [1.165, 1.54) is 0 Å². The number of rotatable bonds is 8. The molecule has 4 N–H and O–H groups in total. The van der Waals surface area contributed by atoms with Gasteiger partial charge >= 0.3 is 0 Å². The highest BCUT2D eigenvalue weighted by molar-refractivity contribution is 5.97. The van der Waals surface area contributed by atoms with E-state index in [0.717, 1.165) is 39.3 Å². The SMILES string of the molecule is CCC(C)C(N)C(=O)Nc1ccc(C(=O)NCCN2CCOCC2)cc1. The molecule has 0 saturated carbocycles. The third kappa shape index (κ3) is 6.09. The zero-order valence-corrected chi connectivity index (χ0v) is 15.7. The maximum Gasteiger partial charge on any atom is 0.251 e. The van der Waals surface area contributed by atoms with E-state index in [1.54, 1.807) is 24.3 Å². The summed E-state index contributed by atoms with van der Waals surface area (Å²) in [6, 6.07) is 6.31. The van der Waals surface area contributed by atoms with Gasteiger partial charge in [-0.3, -0.25) is 14.5 Å². The van der Waals surface area contributed by atoms with Crippen molar-refractivity contribution in [3.05, 3.63) is 29.8 Å². The zero-order chi connectivity index (χ0) is 18.9. The Morgan fingerprint density at radius 2 is 1.88 bits per heavy atom. The van der Waals surface area contributed by atoms with Crippen molar-refractivity contribution in [3.8, 4) is 0 Å². The van der Waals surface area contributed by atoms with Gasteiger partial charge in [0, 0.05) is 37.4 Å². The summed E-state index contributed by atoms with van der Waals surface area (Å²) < 4.78 is 5.30. The predicted octanol–water partition coefficient (Wildman–Crippen LogP) is 1.06. The first-order valence-corrected chi connectivity index (χ1v) is 9.26. The first-order chi connectivity index (χ1) is 12.5. The van der Waals surface area contributed by atoms with Crippen LogP contribution in [0.5, 0.6) is 0 Å². The summed E-state index contributed by atoms with van der Waals surface area (Å²) >= 11 is 0. The fourth-order valence-electron chi connectivity index (χ4n) is 2.70. The molecule has 144 valence electrons. The van der Waals surface area contributed by atoms with Crippen LogP contribution in [0.3, 0.4) is 0 Å². The second kappa shape index (κ2) is 10.3. The highest BCUT2D eigenvalue weighted by atomic mass is 16.5. The van der Waals surface area contributed by atoms with Gasteiger partial charge < -0.3 is 21.1 Å². The van der Waals surface area contributed by atoms with Crippen molar-refractivity contribution in [2.24, 2.45) is 11.7 Å². The number of amides is 2. The molecule has 1 saturated heterocycles. The molecule has 1 aliphatic heterocycles. The van der Waals surface area contributed by atoms with Crippen LogP contribution in [-0.4, -0.2) is 62.1 Å². The summed E-state index contributed by atoms with van der Waals surface area (Å²) in [5.41, 5.74) is 7.13. The number of anilines is 1. The summed E-state index contributed by atoms with van der Waals surface area (Å²) in [5.74, 6) is -0.207. The minimum Gasteiger partial charge on any atom is -0.379 e. The van der Waals surface area contributed by atoms with Crippen LogP contribution >= 0.6 is 0 Å². The number of morpholine rings is 1. The average molecular weight is 362 g/mol. The molecule has 0 aliphatic carbocycles. The first-order valence-electron chi connectivity index (χ1n) is 9.26. The lowest BCUT2D eigenvalue weighted by Crippen LogP contribution is -2.41. The van der Waals surface area contributed by atoms with Gasteiger partial charge in [0.25, 0.3) is 5.91 Å². The molecule has 0 bridgehead atoms. The van der Waals surface area contributed by atoms with Crippen LogP contribution in [0, 0.1) is 5.92 Å². The normalized spacial score (nSPS) is 17.3. The van der Waals surface area contributed by atoms with E-state index in [2.05, 4.69) is 15.5 Å². The van der Waals surface area contributed by atoms with Gasteiger partial charge in [-0.05, 0) is 30.2 Å². The third-order valence-corrected chi connectivity index (χ3v) is 4.79. The van der Waals surface area contributed by atoms with E-state index in [0.29, 0.717) is 17.8 Å². The van der Waals surface area contributed by atoms with Crippen LogP contribution < -0.4 is 16.4 Å². The van der Waals surface area contributed by atoms with Crippen molar-refractivity contribution in [3.63, 3.8) is 0 Å². The Balaban J connectivity index is 1.78. The van der Waals surface area contributed by atoms with Crippen molar-refractivity contribution in [1.82, 2.24) is 10.2 Å². The highest BCUT2D eigenvalue weighted by Gasteiger charge is 2.19. The molecule has 2 rings (SSSR count). The molecule has 0 aromatic heterocycles. The Kier molecular flexibility index (Phi) is 8.03. The second-order valence-corrected chi connectivity index (χ2v) is 6.69. The van der Waals surface area contributed by atoms with Crippen LogP contribution in [0.2, 0.25) is 0 Å². The molecular weight excluding hydrogens is 332 g/mol. The number of hydrogen-bond donors (Lipinski definition) is 3. The van der Waals surface area contributed by atoms with Gasteiger partial charge in [0.15, 0.2) is 0 Å². The van der Waals surface area contributed by atoms with E-state index < -0.39 is 6.04 Å². The summed E-state index contributed by atoms with van der Waals surface area (Å²) in [6.07, 6.45) is 0.845. The van der Waals surface area contributed by atoms with Gasteiger partial charge in [0.1, 0.15) is 0 Å². The van der Waals surface area contributed by atoms with Crippen molar-refractivity contribution < 1.29 is 14.3 Å². The van der Waals surface area contributed by atoms with Crippen molar-refractivity contribution in [1.29, 1.82) is 0 Å². The number of nitrogens with one attached hydrogen (secondary N) is 2. The monoisotopic (exact) mass is 362 g/mol. The van der Waals surface area contributed by atoms with Crippen LogP contribution in [0.25, 0.3) is 0 Å². The van der Waals surface area contributed by atoms with E-state index in [4.69, 9.17) is 10.5 Å². The molecule has 1 fully saturated rings. The standard InChI is InChI=1S/C19H30N4O3/c1-3-14(2)17(20)19(25)22-16-6-4-15(5-7-16)18(24)21-8-9-23-10-12-26-13-11-23/h4-7,14,17H,3,8-13,20H2,1-2H3,(H,21,24)(H,22,25). The Labute approximate surface area is 155 Å². The van der Waals surface area contributed by atoms with Gasteiger partial charge in [-0.15, -0.1) is 0 Å². The maximum absolute atomic E-state index is 12.2. The summed E-state index contributed by atoms with van der Waals surface area (Å²) in [6.45, 7) is 8.69. The van der Waals surface area contributed by atoms with Crippen molar-refractivity contribution in [2.75, 3.05) is 44.7 Å². The van der Waals surface area contributed by atoms with Crippen LogP contribution in [-0.2, 0) is 9.53 Å². The van der Waals surface area contributed by atoms with E-state index >= 15 is 0 Å². The van der Waals surface area contributed by atoms with Crippen molar-refractivity contribution in [2.45, 2.75) is 26.3 Å². The minimum atomic E-state index is -0.539. The molecule has 26 heavy (non-hydrogen) atoms. The van der Waals surface area contributed by atoms with Gasteiger partial charge in [0.05, 0.1) is 19.3 Å². The lowest BCUT2D eigenvalue weighted by Gasteiger charge is -2.26. The molecule has 7 heteroatoms. The average Bonchev–Trinajstić information content (AvgIpc) is 2.68. The Morgan fingerprint density at radius 1 is 1.23 bits per heavy atom. The zero-order valence-electron chi connectivity index (χ0n) is 15.7. The summed E-state index contributed by atoms with van der Waals surface area (Å²) in [7, 11) is 0. The van der Waals surface area contributed by atoms with Crippen LogP contribution in [0.15, 0.2) is 24.3 Å². The minimum absolute atomic E-state index is 0.117. The third-order valence-electron chi connectivity index (χ3n) is 4.79. The Hall–Kier alpha value is -1.96. The molecular formula is C19H30N4O3. The number of ether oxygens (including phenoxy) is 1. The smallest absolute Gasteiger partial charge is 0.251 e. The molecule has 0 radical (unpaired) electrons. The summed E-state index contributed by atoms with van der Waals surface area (Å²) in [5, 5.41) is 5.71. The molecule has 1 aromatic rings. The fourth-order valence-corrected chi connectivity index (χ4v) is 2.70. The number of hydrogen-bond acceptors (Lipinski definition) is 5. The molecule has 7 nitrogen and oxygen atoms in total. The van der Waals surface area contributed by atoms with Gasteiger partial charge in [-0.1, -0.05) is 20.3 Å². The molecule has 2 atom stereocenters. The molecule has 1 aromatic carbocycles. The number of carbonyl (C=O) groups excluding carboxylic acids is 2. The lowest BCUT2D eigenvalue weighted by atomic mass is 9.99. The van der Waals surface area contributed by atoms with Crippen LogP contribution in [0.4, 0.5) is 5.69 Å². The Bertz CT molecular complexity index is 585. The second-order valence-electron chi connectivity index (χ2n) is 6.69. The number of benzene rings is 1. The van der Waals surface area contributed by atoms with E-state index in [9.17, 15) is 9.59 Å². The van der Waals surface area contributed by atoms with E-state index in [-0.39, 0.29) is 17.7 Å². The maximum atomic E-state index is 12.2. The van der Waals surface area contributed by atoms with Gasteiger partial charge in [-0.2, -0.15) is 0 Å². The lowest BCUT2D eigenvalue weighted by molar-refractivity contribution is -0.118. The highest BCUT2D eigenvalue weighted by Crippen LogP contribution is 2.12. The largest absolute Gasteiger partial charge is 0.379 e. The van der Waals surface area contributed by atoms with Gasteiger partial charge in [0.2, 0.25) is 5.91 Å².